The van der Waals surface area contributed by atoms with E-state index in [1.165, 1.54) is 0 Å². The molecule has 1 unspecified atom stereocenters. The molecule has 1 aromatic rings. The van der Waals surface area contributed by atoms with Gasteiger partial charge in [0.15, 0.2) is 0 Å². The predicted molar refractivity (Wildman–Crippen MR) is 73.7 cm³/mol. The maximum atomic E-state index is 12.0. The molecule has 2 rings (SSSR count). The van der Waals surface area contributed by atoms with Gasteiger partial charge in [0.05, 0.1) is 18.9 Å². The summed E-state index contributed by atoms with van der Waals surface area (Å²) in [6, 6.07) is 5.40. The molecule has 0 radical (unpaired) electrons. The largest absolute Gasteiger partial charge is 0.494 e. The molecule has 1 atom stereocenters. The molecule has 1 aliphatic heterocycles. The van der Waals surface area contributed by atoms with E-state index in [0.717, 1.165) is 11.4 Å². The average molecular weight is 264 g/mol. The van der Waals surface area contributed by atoms with E-state index in [-0.39, 0.29) is 11.9 Å². The van der Waals surface area contributed by atoms with Crippen LogP contribution < -0.4 is 20.1 Å². The van der Waals surface area contributed by atoms with Gasteiger partial charge < -0.3 is 20.1 Å². The van der Waals surface area contributed by atoms with Crippen molar-refractivity contribution in [2.45, 2.75) is 26.3 Å². The maximum Gasteiger partial charge on any atom is 0.228 e. The molecule has 1 aliphatic rings. The SMILES string of the molecule is CCOc1ccc(OCC)c(N2CC(N)CC2=O)c1. The summed E-state index contributed by atoms with van der Waals surface area (Å²) >= 11 is 0. The smallest absolute Gasteiger partial charge is 0.228 e. The number of rotatable bonds is 5. The fourth-order valence-corrected chi connectivity index (χ4v) is 2.21. The van der Waals surface area contributed by atoms with Crippen LogP contribution in [0.25, 0.3) is 0 Å². The third-order valence-electron chi connectivity index (χ3n) is 2.99. The van der Waals surface area contributed by atoms with Crippen LogP contribution in [0.1, 0.15) is 20.3 Å². The molecule has 0 aromatic heterocycles. The zero-order chi connectivity index (χ0) is 13.8. The first-order chi connectivity index (χ1) is 9.15. The van der Waals surface area contributed by atoms with Crippen molar-refractivity contribution in [2.75, 3.05) is 24.7 Å². The second kappa shape index (κ2) is 5.93. The second-order valence-corrected chi connectivity index (χ2v) is 4.46. The number of hydrogen-bond acceptors (Lipinski definition) is 4. The van der Waals surface area contributed by atoms with Gasteiger partial charge in [0.1, 0.15) is 11.5 Å². The van der Waals surface area contributed by atoms with E-state index in [1.807, 2.05) is 32.0 Å². The molecule has 1 amide bonds. The summed E-state index contributed by atoms with van der Waals surface area (Å²) in [7, 11) is 0. The summed E-state index contributed by atoms with van der Waals surface area (Å²) in [6.07, 6.45) is 0.379. The maximum absolute atomic E-state index is 12.0. The number of nitrogens with zero attached hydrogens (tertiary/aromatic N) is 1. The minimum atomic E-state index is -0.113. The summed E-state index contributed by atoms with van der Waals surface area (Å²) in [5.74, 6) is 1.45. The molecule has 1 saturated heterocycles. The minimum absolute atomic E-state index is 0.0297. The van der Waals surface area contributed by atoms with E-state index in [9.17, 15) is 4.79 Å². The standard InChI is InChI=1S/C14H20N2O3/c1-3-18-11-5-6-13(19-4-2)12(8-11)16-9-10(15)7-14(16)17/h5-6,8,10H,3-4,7,9,15H2,1-2H3. The number of anilines is 1. The fourth-order valence-electron chi connectivity index (χ4n) is 2.21. The molecule has 0 aliphatic carbocycles. The Morgan fingerprint density at radius 3 is 2.63 bits per heavy atom. The molecule has 0 saturated carbocycles. The molecule has 19 heavy (non-hydrogen) atoms. The van der Waals surface area contributed by atoms with Crippen molar-refractivity contribution in [2.24, 2.45) is 5.73 Å². The van der Waals surface area contributed by atoms with E-state index in [2.05, 4.69) is 0 Å². The number of carbonyl (C=O) groups excluding carboxylic acids is 1. The van der Waals surface area contributed by atoms with Gasteiger partial charge in [-0.1, -0.05) is 0 Å². The average Bonchev–Trinajstić information content (AvgIpc) is 2.71. The van der Waals surface area contributed by atoms with Crippen molar-refractivity contribution in [3.63, 3.8) is 0 Å². The van der Waals surface area contributed by atoms with Gasteiger partial charge in [-0.3, -0.25) is 4.79 Å². The van der Waals surface area contributed by atoms with E-state index in [0.29, 0.717) is 31.9 Å². The van der Waals surface area contributed by atoms with E-state index >= 15 is 0 Å². The molecule has 1 heterocycles. The lowest BCUT2D eigenvalue weighted by Gasteiger charge is -2.20. The Bertz CT molecular complexity index is 462. The number of benzene rings is 1. The van der Waals surface area contributed by atoms with Crippen molar-refractivity contribution in [3.05, 3.63) is 18.2 Å². The zero-order valence-corrected chi connectivity index (χ0v) is 11.4. The van der Waals surface area contributed by atoms with Gasteiger partial charge in [-0.25, -0.2) is 0 Å². The second-order valence-electron chi connectivity index (χ2n) is 4.46. The predicted octanol–water partition coefficient (Wildman–Crippen LogP) is 1.55. The van der Waals surface area contributed by atoms with E-state index in [4.69, 9.17) is 15.2 Å². The van der Waals surface area contributed by atoms with Crippen molar-refractivity contribution < 1.29 is 14.3 Å². The first-order valence-electron chi connectivity index (χ1n) is 6.61. The van der Waals surface area contributed by atoms with Crippen molar-refractivity contribution in [3.8, 4) is 11.5 Å². The zero-order valence-electron chi connectivity index (χ0n) is 11.4. The number of ether oxygens (including phenoxy) is 2. The molecular formula is C14H20N2O3. The van der Waals surface area contributed by atoms with Crippen LogP contribution >= 0.6 is 0 Å². The highest BCUT2D eigenvalue weighted by Gasteiger charge is 2.30. The molecule has 104 valence electrons. The van der Waals surface area contributed by atoms with Crippen molar-refractivity contribution in [1.82, 2.24) is 0 Å². The Morgan fingerprint density at radius 2 is 2.05 bits per heavy atom. The molecule has 0 spiro atoms. The van der Waals surface area contributed by atoms with Crippen LogP contribution in [-0.4, -0.2) is 31.7 Å². The number of hydrogen-bond donors (Lipinski definition) is 1. The summed E-state index contributed by atoms with van der Waals surface area (Å²) in [5, 5.41) is 0. The molecular weight excluding hydrogens is 244 g/mol. The van der Waals surface area contributed by atoms with Crippen LogP contribution in [0.4, 0.5) is 5.69 Å². The number of carbonyl (C=O) groups is 1. The van der Waals surface area contributed by atoms with E-state index < -0.39 is 0 Å². The molecule has 5 heteroatoms. The molecule has 2 N–H and O–H groups in total. The molecule has 1 fully saturated rings. The topological polar surface area (TPSA) is 64.8 Å². The highest BCUT2D eigenvalue weighted by atomic mass is 16.5. The summed E-state index contributed by atoms with van der Waals surface area (Å²) in [5.41, 5.74) is 6.58. The summed E-state index contributed by atoms with van der Waals surface area (Å²) in [6.45, 7) is 5.50. The van der Waals surface area contributed by atoms with Gasteiger partial charge in [-0.2, -0.15) is 0 Å². The third-order valence-corrected chi connectivity index (χ3v) is 2.99. The van der Waals surface area contributed by atoms with Gasteiger partial charge in [-0.15, -0.1) is 0 Å². The van der Waals surface area contributed by atoms with Gasteiger partial charge in [-0.05, 0) is 26.0 Å². The molecule has 5 nitrogen and oxygen atoms in total. The quantitative estimate of drug-likeness (QED) is 0.876. The molecule has 0 bridgehead atoms. The highest BCUT2D eigenvalue weighted by Crippen LogP contribution is 2.34. The van der Waals surface area contributed by atoms with Crippen LogP contribution in [0.5, 0.6) is 11.5 Å². The minimum Gasteiger partial charge on any atom is -0.494 e. The first-order valence-corrected chi connectivity index (χ1v) is 6.61. The van der Waals surface area contributed by atoms with Crippen LogP contribution in [0.2, 0.25) is 0 Å². The Labute approximate surface area is 113 Å². The molecule has 1 aromatic carbocycles. The Balaban J connectivity index is 2.34. The number of amides is 1. The van der Waals surface area contributed by atoms with Gasteiger partial charge in [0, 0.05) is 25.1 Å². The monoisotopic (exact) mass is 264 g/mol. The first kappa shape index (κ1) is 13.7. The van der Waals surface area contributed by atoms with Gasteiger partial charge in [0.2, 0.25) is 5.91 Å². The van der Waals surface area contributed by atoms with Gasteiger partial charge in [0.25, 0.3) is 0 Å². The third kappa shape index (κ3) is 2.98. The lowest BCUT2D eigenvalue weighted by Crippen LogP contribution is -2.28. The van der Waals surface area contributed by atoms with Gasteiger partial charge >= 0.3 is 0 Å². The normalized spacial score (nSPS) is 18.8. The Hall–Kier alpha value is -1.75. The van der Waals surface area contributed by atoms with Crippen LogP contribution in [0.3, 0.4) is 0 Å². The Kier molecular flexibility index (Phi) is 4.27. The van der Waals surface area contributed by atoms with Crippen LogP contribution in [0, 0.1) is 0 Å². The Morgan fingerprint density at radius 1 is 1.32 bits per heavy atom. The lowest BCUT2D eigenvalue weighted by atomic mass is 10.2. The highest BCUT2D eigenvalue weighted by molar-refractivity contribution is 5.97. The van der Waals surface area contributed by atoms with Crippen molar-refractivity contribution >= 4 is 11.6 Å². The van der Waals surface area contributed by atoms with Crippen LogP contribution in [-0.2, 0) is 4.79 Å². The number of nitrogens with two attached hydrogens (primary N) is 1. The summed E-state index contributed by atoms with van der Waals surface area (Å²) in [4.78, 5) is 13.6. The van der Waals surface area contributed by atoms with E-state index in [1.54, 1.807) is 4.90 Å². The lowest BCUT2D eigenvalue weighted by molar-refractivity contribution is -0.117. The summed E-state index contributed by atoms with van der Waals surface area (Å²) < 4.78 is 11.1. The van der Waals surface area contributed by atoms with Crippen LogP contribution in [0.15, 0.2) is 18.2 Å². The van der Waals surface area contributed by atoms with Crippen molar-refractivity contribution in [1.29, 1.82) is 0 Å². The fraction of sp³-hybridized carbons (Fsp3) is 0.500.